The van der Waals surface area contributed by atoms with Crippen molar-refractivity contribution >= 4 is 28.3 Å². The number of aliphatic hydroxyl groups is 3. The highest BCUT2D eigenvalue weighted by atomic mass is 27.0. The molecule has 2 rings (SSSR count). The number of phenolic OH excluding ortho intramolecular Hbond substituents is 1. The van der Waals surface area contributed by atoms with Crippen molar-refractivity contribution in [3.8, 4) is 11.6 Å². The van der Waals surface area contributed by atoms with E-state index in [2.05, 4.69) is 4.98 Å². The van der Waals surface area contributed by atoms with Gasteiger partial charge in [0.2, 0.25) is 5.88 Å². The Bertz CT molecular complexity index is 555. The number of aromatic hydroxyl groups is 2. The van der Waals surface area contributed by atoms with Crippen molar-refractivity contribution < 1.29 is 25.5 Å². The van der Waals surface area contributed by atoms with E-state index in [-0.39, 0.29) is 29.0 Å². The van der Waals surface area contributed by atoms with Crippen molar-refractivity contribution in [1.82, 2.24) is 4.98 Å². The molecule has 1 heterocycles. The highest BCUT2D eigenvalue weighted by molar-refractivity contribution is 5.84. The van der Waals surface area contributed by atoms with Crippen LogP contribution in [-0.2, 0) is 0 Å². The van der Waals surface area contributed by atoms with Gasteiger partial charge >= 0.3 is 0 Å². The second kappa shape index (κ2) is 8.79. The summed E-state index contributed by atoms with van der Waals surface area (Å²) < 4.78 is 0. The van der Waals surface area contributed by atoms with Crippen LogP contribution in [0.4, 0.5) is 0 Å². The standard InChI is InChI=1S/C9H7NO2.C4H11NO3.Al.3H/c11-7-3-1-2-6-4-5-8(12)10-9(6)7;5-4(1-6,2-7)3-8;;;;/h1-5,11H,(H,10,12);6-8H,1-3,5H2;;;;. The first kappa shape index (κ1) is 19.6. The number of fused-ring (bicyclic) bond motifs is 1. The van der Waals surface area contributed by atoms with Crippen LogP contribution >= 0.6 is 0 Å². The van der Waals surface area contributed by atoms with Gasteiger partial charge in [-0.25, -0.2) is 4.98 Å². The summed E-state index contributed by atoms with van der Waals surface area (Å²) in [6.07, 6.45) is 0. The summed E-state index contributed by atoms with van der Waals surface area (Å²) in [7, 11) is 0. The Balaban J connectivity index is 0.000000397. The van der Waals surface area contributed by atoms with Gasteiger partial charge in [-0.05, 0) is 12.1 Å². The summed E-state index contributed by atoms with van der Waals surface area (Å²) in [4.78, 5) is 3.78. The number of aliphatic hydroxyl groups excluding tert-OH is 3. The molecule has 7 nitrogen and oxygen atoms in total. The molecule has 0 saturated carbocycles. The summed E-state index contributed by atoms with van der Waals surface area (Å²) >= 11 is 0. The number of pyridine rings is 1. The zero-order valence-electron chi connectivity index (χ0n) is 10.8. The third-order valence-corrected chi connectivity index (χ3v) is 2.63. The molecule has 0 aliphatic carbocycles. The molecule has 0 bridgehead atoms. The molecule has 0 saturated heterocycles. The van der Waals surface area contributed by atoms with Crippen LogP contribution in [0.15, 0.2) is 30.3 Å². The molecule has 7 N–H and O–H groups in total. The van der Waals surface area contributed by atoms with E-state index >= 15 is 0 Å². The fraction of sp³-hybridized carbons (Fsp3) is 0.308. The van der Waals surface area contributed by atoms with Gasteiger partial charge in [0.25, 0.3) is 0 Å². The average molecular weight is 312 g/mol. The van der Waals surface area contributed by atoms with Gasteiger partial charge in [-0.15, -0.1) is 0 Å². The molecular formula is C13H21AlN2O5. The van der Waals surface area contributed by atoms with E-state index in [1.54, 1.807) is 12.1 Å². The van der Waals surface area contributed by atoms with Crippen molar-refractivity contribution in [3.63, 3.8) is 0 Å². The zero-order chi connectivity index (χ0) is 15.2. The first-order valence-electron chi connectivity index (χ1n) is 5.85. The molecule has 0 radical (unpaired) electrons. The molecule has 2 aromatic rings. The van der Waals surface area contributed by atoms with Gasteiger partial charge in [-0.1, -0.05) is 12.1 Å². The first-order chi connectivity index (χ1) is 9.45. The summed E-state index contributed by atoms with van der Waals surface area (Å²) in [6.45, 7) is -1.21. The maximum Gasteiger partial charge on any atom is 0.211 e. The van der Waals surface area contributed by atoms with Crippen LogP contribution in [0.1, 0.15) is 0 Å². The molecule has 0 spiro atoms. The summed E-state index contributed by atoms with van der Waals surface area (Å²) in [5.74, 6) is 0.00685. The van der Waals surface area contributed by atoms with Crippen LogP contribution in [0.25, 0.3) is 10.9 Å². The number of benzene rings is 1. The Morgan fingerprint density at radius 3 is 2.00 bits per heavy atom. The van der Waals surface area contributed by atoms with E-state index in [0.29, 0.717) is 5.52 Å². The van der Waals surface area contributed by atoms with Crippen LogP contribution in [0.3, 0.4) is 0 Å². The van der Waals surface area contributed by atoms with Crippen LogP contribution in [0.5, 0.6) is 11.6 Å². The summed E-state index contributed by atoms with van der Waals surface area (Å²) in [5, 5.41) is 44.2. The van der Waals surface area contributed by atoms with E-state index in [0.717, 1.165) is 5.39 Å². The number of rotatable bonds is 3. The third kappa shape index (κ3) is 5.48. The molecule has 1 aromatic heterocycles. The lowest BCUT2D eigenvalue weighted by Crippen LogP contribution is -2.50. The Kier molecular flexibility index (Phi) is 8.21. The van der Waals surface area contributed by atoms with E-state index < -0.39 is 25.4 Å². The molecule has 0 fully saturated rings. The number of hydrogen-bond acceptors (Lipinski definition) is 7. The fourth-order valence-corrected chi connectivity index (χ4v) is 1.27. The first-order valence-corrected chi connectivity index (χ1v) is 5.85. The number of phenols is 1. The average Bonchev–Trinajstić information content (AvgIpc) is 2.48. The van der Waals surface area contributed by atoms with Crippen LogP contribution in [-0.4, -0.2) is 73.2 Å². The second-order valence-corrected chi connectivity index (χ2v) is 4.36. The molecule has 1 aromatic carbocycles. The van der Waals surface area contributed by atoms with Crippen molar-refractivity contribution in [2.24, 2.45) is 5.73 Å². The zero-order valence-corrected chi connectivity index (χ0v) is 10.8. The molecule has 0 unspecified atom stereocenters. The van der Waals surface area contributed by atoms with Gasteiger partial charge in [0.1, 0.15) is 11.3 Å². The third-order valence-electron chi connectivity index (χ3n) is 2.63. The molecule has 0 aliphatic rings. The molecule has 21 heavy (non-hydrogen) atoms. The van der Waals surface area contributed by atoms with Gasteiger partial charge < -0.3 is 31.3 Å². The Labute approximate surface area is 132 Å². The molecule has 0 atom stereocenters. The lowest BCUT2D eigenvalue weighted by molar-refractivity contribution is 0.0698. The molecule has 116 valence electrons. The number of hydrogen-bond donors (Lipinski definition) is 6. The van der Waals surface area contributed by atoms with Gasteiger partial charge in [0.15, 0.2) is 17.4 Å². The normalized spacial score (nSPS) is 10.5. The van der Waals surface area contributed by atoms with Gasteiger partial charge in [0.05, 0.1) is 25.4 Å². The minimum absolute atomic E-state index is 0. The van der Waals surface area contributed by atoms with Crippen molar-refractivity contribution in [2.45, 2.75) is 5.54 Å². The predicted molar refractivity (Wildman–Crippen MR) is 83.2 cm³/mol. The minimum atomic E-state index is -1.21. The molecule has 8 heteroatoms. The largest absolute Gasteiger partial charge is 0.506 e. The van der Waals surface area contributed by atoms with E-state index in [1.165, 1.54) is 12.1 Å². The maximum absolute atomic E-state index is 9.32. The lowest BCUT2D eigenvalue weighted by atomic mass is 10.1. The summed E-state index contributed by atoms with van der Waals surface area (Å²) in [5.41, 5.74) is 4.37. The van der Waals surface area contributed by atoms with Gasteiger partial charge in [-0.3, -0.25) is 0 Å². The lowest BCUT2D eigenvalue weighted by Gasteiger charge is -2.20. The number of nitrogens with zero attached hydrogens (tertiary/aromatic N) is 1. The molecule has 0 aliphatic heterocycles. The van der Waals surface area contributed by atoms with Crippen LogP contribution < -0.4 is 5.73 Å². The monoisotopic (exact) mass is 312 g/mol. The van der Waals surface area contributed by atoms with Gasteiger partial charge in [0, 0.05) is 11.5 Å². The molecular weight excluding hydrogens is 291 g/mol. The number of nitrogens with two attached hydrogens (primary N) is 1. The van der Waals surface area contributed by atoms with E-state index in [9.17, 15) is 5.11 Å². The van der Waals surface area contributed by atoms with E-state index in [1.807, 2.05) is 6.07 Å². The predicted octanol–water partition coefficient (Wildman–Crippen LogP) is -1.88. The van der Waals surface area contributed by atoms with Crippen molar-refractivity contribution in [2.75, 3.05) is 19.8 Å². The highest BCUT2D eigenvalue weighted by Gasteiger charge is 2.20. The fourth-order valence-electron chi connectivity index (χ4n) is 1.27. The van der Waals surface area contributed by atoms with Crippen molar-refractivity contribution in [1.29, 1.82) is 0 Å². The van der Waals surface area contributed by atoms with Crippen LogP contribution in [0, 0.1) is 0 Å². The van der Waals surface area contributed by atoms with Crippen LogP contribution in [0.2, 0.25) is 0 Å². The topological polar surface area (TPSA) is 140 Å². The second-order valence-electron chi connectivity index (χ2n) is 4.36. The van der Waals surface area contributed by atoms with Crippen molar-refractivity contribution in [3.05, 3.63) is 30.3 Å². The quantitative estimate of drug-likeness (QED) is 0.365. The number of aromatic nitrogens is 1. The minimum Gasteiger partial charge on any atom is -0.506 e. The Morgan fingerprint density at radius 2 is 1.52 bits per heavy atom. The summed E-state index contributed by atoms with van der Waals surface area (Å²) in [6, 6.07) is 8.28. The Hall–Kier alpha value is -1.40. The van der Waals surface area contributed by atoms with Gasteiger partial charge in [-0.2, -0.15) is 0 Å². The Morgan fingerprint density at radius 1 is 0.952 bits per heavy atom. The molecule has 0 amide bonds. The maximum atomic E-state index is 9.32. The SMILES string of the molecule is NC(CO)(CO)CO.Oc1ccc2cccc(O)c2n1.[AlH3]. The van der Waals surface area contributed by atoms with E-state index in [4.69, 9.17) is 26.2 Å². The highest BCUT2D eigenvalue weighted by Crippen LogP contribution is 2.23. The number of para-hydroxylation sites is 1. The smallest absolute Gasteiger partial charge is 0.211 e.